The molecule has 0 bridgehead atoms. The smallest absolute Gasteiger partial charge is 0.0931 e. The van der Waals surface area contributed by atoms with Crippen LogP contribution < -0.4 is 5.32 Å². The van der Waals surface area contributed by atoms with Gasteiger partial charge >= 0.3 is 0 Å². The van der Waals surface area contributed by atoms with Gasteiger partial charge < -0.3 is 5.32 Å². The Hall–Kier alpha value is -0.190. The van der Waals surface area contributed by atoms with E-state index in [4.69, 9.17) is 23.2 Å². The first-order valence-corrected chi connectivity index (χ1v) is 9.18. The molecule has 2 aromatic rings. The van der Waals surface area contributed by atoms with Gasteiger partial charge in [0, 0.05) is 22.0 Å². The third-order valence-electron chi connectivity index (χ3n) is 3.55. The van der Waals surface area contributed by atoms with E-state index in [2.05, 4.69) is 29.8 Å². The number of nitrogens with one attached hydrogen (secondary N) is 1. The molecule has 0 saturated carbocycles. The van der Waals surface area contributed by atoms with Gasteiger partial charge in [0.15, 0.2) is 0 Å². The minimum Gasteiger partial charge on any atom is -0.303 e. The maximum Gasteiger partial charge on any atom is 0.0931 e. The Balaban J connectivity index is 1.80. The summed E-state index contributed by atoms with van der Waals surface area (Å²) in [7, 11) is 0. The predicted molar refractivity (Wildman–Crippen MR) is 90.4 cm³/mol. The van der Waals surface area contributed by atoms with Crippen molar-refractivity contribution in [3.63, 3.8) is 0 Å². The minimum atomic E-state index is 0.290. The van der Waals surface area contributed by atoms with Crippen LogP contribution in [0.3, 0.4) is 0 Å². The van der Waals surface area contributed by atoms with E-state index in [9.17, 15) is 0 Å². The summed E-state index contributed by atoms with van der Waals surface area (Å²) in [5.41, 5.74) is 2.57. The van der Waals surface area contributed by atoms with E-state index in [1.54, 1.807) is 11.3 Å². The van der Waals surface area contributed by atoms with E-state index in [0.717, 1.165) is 21.5 Å². The number of benzene rings is 1. The lowest BCUT2D eigenvalue weighted by atomic mass is 10.0. The molecule has 2 atom stereocenters. The second-order valence-electron chi connectivity index (χ2n) is 4.94. The molecule has 1 N–H and O–H groups in total. The molecule has 0 fully saturated rings. The van der Waals surface area contributed by atoms with E-state index in [-0.39, 0.29) is 0 Å². The fourth-order valence-corrected chi connectivity index (χ4v) is 4.76. The zero-order valence-electron chi connectivity index (χ0n) is 11.0. The lowest BCUT2D eigenvalue weighted by molar-refractivity contribution is 0.451. The maximum atomic E-state index is 6.15. The normalized spacial score (nSPS) is 19.6. The minimum absolute atomic E-state index is 0.290. The quantitative estimate of drug-likeness (QED) is 0.739. The van der Waals surface area contributed by atoms with Crippen LogP contribution in [0.4, 0.5) is 0 Å². The van der Waals surface area contributed by atoms with Crippen molar-refractivity contribution in [2.24, 2.45) is 0 Å². The molecular formula is C15H15Cl2NS2. The van der Waals surface area contributed by atoms with Crippen molar-refractivity contribution in [1.82, 2.24) is 5.32 Å². The van der Waals surface area contributed by atoms with Crippen LogP contribution in [0.1, 0.15) is 36.6 Å². The van der Waals surface area contributed by atoms with E-state index < -0.39 is 0 Å². The highest BCUT2D eigenvalue weighted by Gasteiger charge is 2.23. The molecule has 1 aromatic carbocycles. The lowest BCUT2D eigenvalue weighted by Gasteiger charge is -2.29. The first kappa shape index (κ1) is 14.7. The van der Waals surface area contributed by atoms with Crippen molar-refractivity contribution in [3.05, 3.63) is 50.1 Å². The van der Waals surface area contributed by atoms with Crippen LogP contribution in [0.5, 0.6) is 0 Å². The van der Waals surface area contributed by atoms with Gasteiger partial charge in [-0.25, -0.2) is 0 Å². The Bertz CT molecular complexity index is 612. The molecule has 1 aliphatic heterocycles. The number of halogens is 2. The van der Waals surface area contributed by atoms with Crippen LogP contribution in [-0.2, 0) is 0 Å². The largest absolute Gasteiger partial charge is 0.303 e. The summed E-state index contributed by atoms with van der Waals surface area (Å²) in [5, 5.41) is 6.64. The van der Waals surface area contributed by atoms with E-state index in [1.165, 1.54) is 16.0 Å². The van der Waals surface area contributed by atoms with Gasteiger partial charge in [-0.15, -0.1) is 23.1 Å². The molecule has 1 nitrogen and oxygen atoms in total. The Morgan fingerprint density at radius 3 is 2.90 bits per heavy atom. The number of thioether (sulfide) groups is 1. The molecule has 1 aliphatic rings. The second kappa shape index (κ2) is 6.29. The summed E-state index contributed by atoms with van der Waals surface area (Å²) in [6.45, 7) is 2.18. The highest BCUT2D eigenvalue weighted by Crippen LogP contribution is 2.39. The molecule has 0 aliphatic carbocycles. The summed E-state index contributed by atoms with van der Waals surface area (Å²) in [6.07, 6.45) is 1.13. The van der Waals surface area contributed by atoms with Crippen molar-refractivity contribution < 1.29 is 0 Å². The zero-order valence-corrected chi connectivity index (χ0v) is 14.2. The van der Waals surface area contributed by atoms with Gasteiger partial charge in [0.2, 0.25) is 0 Å². The number of rotatable bonds is 3. The average Bonchev–Trinajstić information content (AvgIpc) is 2.86. The third-order valence-corrected chi connectivity index (χ3v) is 6.02. The van der Waals surface area contributed by atoms with E-state index >= 15 is 0 Å². The van der Waals surface area contributed by atoms with Crippen LogP contribution in [0.15, 0.2) is 34.5 Å². The maximum absolute atomic E-state index is 6.15. The van der Waals surface area contributed by atoms with Crippen LogP contribution in [0, 0.1) is 0 Å². The van der Waals surface area contributed by atoms with Gasteiger partial charge in [-0.2, -0.15) is 0 Å². The van der Waals surface area contributed by atoms with Crippen molar-refractivity contribution in [2.75, 3.05) is 5.75 Å². The molecule has 0 amide bonds. The molecule has 106 valence electrons. The van der Waals surface area contributed by atoms with Crippen LogP contribution >= 0.6 is 46.3 Å². The van der Waals surface area contributed by atoms with Gasteiger partial charge in [-0.05, 0) is 59.9 Å². The molecule has 0 radical (unpaired) electrons. The number of hydrogen-bond donors (Lipinski definition) is 1. The summed E-state index contributed by atoms with van der Waals surface area (Å²) in [5.74, 6) is 1.14. The Morgan fingerprint density at radius 2 is 2.15 bits per heavy atom. The van der Waals surface area contributed by atoms with Crippen LogP contribution in [0.2, 0.25) is 9.36 Å². The molecule has 0 spiro atoms. The summed E-state index contributed by atoms with van der Waals surface area (Å²) < 4.78 is 0.844. The standard InChI is InChI=1S/C15H15Cl2NS2/c1-9(10-6-15(17)20-8-10)18-13-4-5-19-14-3-2-11(16)7-12(13)14/h2-3,6-9,13,18H,4-5H2,1H3. The zero-order chi connectivity index (χ0) is 14.1. The first-order chi connectivity index (χ1) is 9.63. The van der Waals surface area contributed by atoms with Crippen molar-refractivity contribution in [1.29, 1.82) is 0 Å². The van der Waals surface area contributed by atoms with Crippen molar-refractivity contribution >= 4 is 46.3 Å². The number of thiophene rings is 1. The predicted octanol–water partition coefficient (Wildman–Crippen LogP) is 5.94. The first-order valence-electron chi connectivity index (χ1n) is 6.55. The Kier molecular flexibility index (Phi) is 4.63. The Labute approximate surface area is 137 Å². The summed E-state index contributed by atoms with van der Waals surface area (Å²) >= 11 is 15.7. The monoisotopic (exact) mass is 343 g/mol. The molecule has 5 heteroatoms. The molecule has 2 heterocycles. The molecular weight excluding hydrogens is 329 g/mol. The molecule has 20 heavy (non-hydrogen) atoms. The fourth-order valence-electron chi connectivity index (χ4n) is 2.49. The third kappa shape index (κ3) is 3.18. The Morgan fingerprint density at radius 1 is 1.30 bits per heavy atom. The highest BCUT2D eigenvalue weighted by atomic mass is 35.5. The molecule has 1 aromatic heterocycles. The number of fused-ring (bicyclic) bond motifs is 1. The summed E-state index contributed by atoms with van der Waals surface area (Å²) in [4.78, 5) is 1.34. The van der Waals surface area contributed by atoms with Crippen LogP contribution in [0.25, 0.3) is 0 Å². The fraction of sp³-hybridized carbons (Fsp3) is 0.333. The van der Waals surface area contributed by atoms with Gasteiger partial charge in [0.1, 0.15) is 0 Å². The molecule has 3 rings (SSSR count). The summed E-state index contributed by atoms with van der Waals surface area (Å²) in [6, 6.07) is 8.88. The van der Waals surface area contributed by atoms with Gasteiger partial charge in [-0.3, -0.25) is 0 Å². The van der Waals surface area contributed by atoms with Crippen molar-refractivity contribution in [3.8, 4) is 0 Å². The van der Waals surface area contributed by atoms with Crippen LogP contribution in [-0.4, -0.2) is 5.75 Å². The number of hydrogen-bond acceptors (Lipinski definition) is 3. The van der Waals surface area contributed by atoms with Gasteiger partial charge in [-0.1, -0.05) is 23.2 Å². The SMILES string of the molecule is CC(NC1CCSc2ccc(Cl)cc21)c1csc(Cl)c1. The second-order valence-corrected chi connectivity index (χ2v) is 8.06. The average molecular weight is 344 g/mol. The lowest BCUT2D eigenvalue weighted by Crippen LogP contribution is -2.27. The molecule has 0 saturated heterocycles. The van der Waals surface area contributed by atoms with E-state index in [0.29, 0.717) is 12.1 Å². The topological polar surface area (TPSA) is 12.0 Å². The van der Waals surface area contributed by atoms with Crippen molar-refractivity contribution in [2.45, 2.75) is 30.3 Å². The van der Waals surface area contributed by atoms with Gasteiger partial charge in [0.05, 0.1) is 4.34 Å². The highest BCUT2D eigenvalue weighted by molar-refractivity contribution is 7.99. The van der Waals surface area contributed by atoms with E-state index in [1.807, 2.05) is 23.9 Å². The van der Waals surface area contributed by atoms with Gasteiger partial charge in [0.25, 0.3) is 0 Å². The molecule has 2 unspecified atom stereocenters.